The van der Waals surface area contributed by atoms with E-state index in [4.69, 9.17) is 9.47 Å². The molecule has 0 aromatic heterocycles. The van der Waals surface area contributed by atoms with Crippen LogP contribution in [-0.2, 0) is 44.9 Å². The number of carbonyl (C=O) groups is 2. The third kappa shape index (κ3) is 7.27. The predicted molar refractivity (Wildman–Crippen MR) is 353 cm³/mol. The van der Waals surface area contributed by atoms with Gasteiger partial charge in [0.1, 0.15) is 23.6 Å². The molecular weight excluding hydrogens is 1170 g/mol. The first-order chi connectivity index (χ1) is 45.5. The molecule has 19 bridgehead atoms. The Morgan fingerprint density at radius 2 is 1.54 bits per heavy atom. The van der Waals surface area contributed by atoms with Crippen LogP contribution in [0.5, 0.6) is 0 Å². The van der Waals surface area contributed by atoms with Gasteiger partial charge in [0.05, 0.1) is 42.5 Å². The van der Waals surface area contributed by atoms with Crippen molar-refractivity contribution in [1.29, 1.82) is 0 Å². The highest BCUT2D eigenvalue weighted by Gasteiger charge is 2.93. The van der Waals surface area contributed by atoms with Crippen LogP contribution in [0, 0.1) is 139 Å². The molecule has 4 spiro atoms. The summed E-state index contributed by atoms with van der Waals surface area (Å²) in [5.74, 6) is 12.9. The van der Waals surface area contributed by atoms with Gasteiger partial charge in [-0.15, -0.1) is 5.92 Å². The second-order valence-electron chi connectivity index (χ2n) is 35.2. The lowest BCUT2D eigenvalue weighted by atomic mass is 9.27. The van der Waals surface area contributed by atoms with Crippen molar-refractivity contribution in [2.24, 2.45) is 115 Å². The molecule has 17 aliphatic rings. The number of benzene rings is 3. The van der Waals surface area contributed by atoms with Crippen LogP contribution in [0.25, 0.3) is 0 Å². The minimum absolute atomic E-state index is 0.0193. The van der Waals surface area contributed by atoms with Gasteiger partial charge < -0.3 is 50.2 Å². The van der Waals surface area contributed by atoms with Crippen molar-refractivity contribution in [3.63, 3.8) is 0 Å². The molecule has 3 aromatic carbocycles. The summed E-state index contributed by atoms with van der Waals surface area (Å²) in [4.78, 5) is 31.3. The van der Waals surface area contributed by atoms with Gasteiger partial charge in [0, 0.05) is 75.4 Å². The summed E-state index contributed by atoms with van der Waals surface area (Å²) in [7, 11) is 1.93. The van der Waals surface area contributed by atoms with Gasteiger partial charge in [0.15, 0.2) is 0 Å². The van der Waals surface area contributed by atoms with E-state index in [1.54, 1.807) is 6.08 Å². The number of nitrogens with one attached hydrogen (secondary N) is 1. The third-order valence-corrected chi connectivity index (χ3v) is 33.1. The molecule has 3 aliphatic heterocycles. The molecule has 14 aliphatic carbocycles. The van der Waals surface area contributed by atoms with E-state index in [9.17, 15) is 15.0 Å². The standard InChI is InChI=1S/C83H99NO10/c1-47-53-20-19-50(33-53)32-48-11-8-12-49(31-48)34-69-60-25-30-76-29-24-58(51-13-4-3-5-14-51)59-18-10-16-55-40-78-43-75(26-6-7-27-75)28-23-52-15-9-17-56(42-85)61(52)37-68(84-2)62-36-57(80(78,46-87)66-39-70(88)94-71(62)66)41-81(78,90)83(92)72(55)77(45-86)44-79(76,65(60)38-64(59)76)74(93-69)63-22-21-54(47)35-67(73(83)89)82(63,77)91/h3-5,8-9,11-15,17,31,39,45,47,50,53-55,57-60,62-65,67-69,71-74,84-85,87,89-92H,6-7,18-22,24-27,29-30,32-38,40-44,46H2,1-2H3/t47-,50+,53-,54+,55+,57-,58+,59+,60-,62-,63+,64-,65+,67+,68-,69-,71+,72+,73-,74+,76+,77-,78-,79+,80+,81+,82+,83+/m0/s1. The quantitative estimate of drug-likeness (QED) is 0.0733. The number of aldehydes is 1. The summed E-state index contributed by atoms with van der Waals surface area (Å²) in [6, 6.07) is 26.2. The molecule has 3 heterocycles. The lowest BCUT2D eigenvalue weighted by molar-refractivity contribution is -0.412. The number of fused-ring (bicyclic) bond motifs is 10. The zero-order valence-electron chi connectivity index (χ0n) is 55.3. The normalized spacial score (nSPS) is 51.1. The van der Waals surface area contributed by atoms with E-state index in [0.29, 0.717) is 68.8 Å². The summed E-state index contributed by atoms with van der Waals surface area (Å²) >= 11 is 0. The molecule has 28 atom stereocenters. The molecule has 1 saturated heterocycles. The van der Waals surface area contributed by atoms with Crippen molar-refractivity contribution in [3.05, 3.63) is 118 Å². The molecule has 0 amide bonds. The van der Waals surface area contributed by atoms with Crippen LogP contribution in [0.4, 0.5) is 0 Å². The van der Waals surface area contributed by atoms with Gasteiger partial charge in [-0.3, -0.25) is 0 Å². The van der Waals surface area contributed by atoms with Crippen LogP contribution in [0.1, 0.15) is 181 Å². The average molecular weight is 1270 g/mol. The topological polar surface area (TPSA) is 186 Å². The number of rotatable bonds is 5. The zero-order chi connectivity index (χ0) is 63.9. The minimum atomic E-state index is -2.49. The predicted octanol–water partition coefficient (Wildman–Crippen LogP) is 10.5. The van der Waals surface area contributed by atoms with Gasteiger partial charge >= 0.3 is 5.97 Å². The molecule has 20 rings (SSSR count). The first kappa shape index (κ1) is 60.5. The summed E-state index contributed by atoms with van der Waals surface area (Å²) in [5.41, 5.74) is -5.63. The fourth-order valence-electron chi connectivity index (χ4n) is 30.0. The monoisotopic (exact) mass is 1270 g/mol. The number of aliphatic hydroxyl groups excluding tert-OH is 3. The minimum Gasteiger partial charge on any atom is -0.454 e. The summed E-state index contributed by atoms with van der Waals surface area (Å²) in [6.07, 6.45) is 16.9. The van der Waals surface area contributed by atoms with Crippen molar-refractivity contribution in [3.8, 4) is 23.7 Å². The second kappa shape index (κ2) is 20.7. The third-order valence-electron chi connectivity index (χ3n) is 33.1. The Morgan fingerprint density at radius 1 is 0.755 bits per heavy atom. The van der Waals surface area contributed by atoms with Crippen molar-refractivity contribution in [1.82, 2.24) is 5.32 Å². The van der Waals surface area contributed by atoms with Crippen LogP contribution in [0.2, 0.25) is 0 Å². The number of carbonyl (C=O) groups excluding carboxylic acids is 2. The molecule has 7 N–H and O–H groups in total. The van der Waals surface area contributed by atoms with Gasteiger partial charge in [-0.05, 0) is 246 Å². The fourth-order valence-corrected chi connectivity index (χ4v) is 30.0. The van der Waals surface area contributed by atoms with E-state index in [1.165, 1.54) is 16.7 Å². The molecule has 3 aromatic rings. The van der Waals surface area contributed by atoms with Crippen LogP contribution >= 0.6 is 0 Å². The van der Waals surface area contributed by atoms with E-state index in [-0.39, 0.29) is 90.8 Å². The molecule has 11 nitrogen and oxygen atoms in total. The lowest BCUT2D eigenvalue weighted by Gasteiger charge is -2.79. The number of ether oxygens (including phenoxy) is 2. The highest BCUT2D eigenvalue weighted by atomic mass is 16.5. The maximum absolute atomic E-state index is 16.7. The number of hydrogen-bond donors (Lipinski definition) is 7. The molecule has 496 valence electrons. The molecule has 0 unspecified atom stereocenters. The van der Waals surface area contributed by atoms with Gasteiger partial charge in [0.25, 0.3) is 0 Å². The van der Waals surface area contributed by atoms with Crippen molar-refractivity contribution in [2.45, 2.75) is 221 Å². The molecule has 94 heavy (non-hydrogen) atoms. The second-order valence-corrected chi connectivity index (χ2v) is 35.2. The maximum Gasteiger partial charge on any atom is 0.331 e. The molecule has 11 saturated carbocycles. The molecular formula is C83H99NO10. The Balaban J connectivity index is 0.896. The first-order valence-corrected chi connectivity index (χ1v) is 37.6. The fraction of sp³-hybridized carbons (Fsp3) is 0.687. The van der Waals surface area contributed by atoms with Crippen LogP contribution in [0.15, 0.2) is 84.4 Å². The average Bonchev–Trinajstić information content (AvgIpc) is 1.27. The van der Waals surface area contributed by atoms with Crippen molar-refractivity contribution < 1.29 is 49.7 Å². The van der Waals surface area contributed by atoms with E-state index >= 15 is 25.2 Å². The van der Waals surface area contributed by atoms with Crippen molar-refractivity contribution >= 4 is 12.3 Å². The smallest absolute Gasteiger partial charge is 0.331 e. The number of likely N-dealkylation sites (N-methyl/N-ethyl adjacent to an activating group) is 1. The van der Waals surface area contributed by atoms with Crippen molar-refractivity contribution in [2.75, 3.05) is 13.7 Å². The Bertz CT molecular complexity index is 3800. The molecule has 11 heteroatoms. The Labute approximate surface area is 555 Å². The van der Waals surface area contributed by atoms with Gasteiger partial charge in [0.2, 0.25) is 0 Å². The Hall–Kier alpha value is -4.66. The number of aliphatic hydroxyl groups is 6. The Morgan fingerprint density at radius 3 is 2.34 bits per heavy atom. The van der Waals surface area contributed by atoms with Crippen LogP contribution < -0.4 is 5.32 Å². The summed E-state index contributed by atoms with van der Waals surface area (Å²) < 4.78 is 15.0. The Kier molecular flexibility index (Phi) is 13.3. The zero-order valence-corrected chi connectivity index (χ0v) is 55.3. The van der Waals surface area contributed by atoms with Gasteiger partial charge in [-0.25, -0.2) is 4.79 Å². The lowest BCUT2D eigenvalue weighted by Crippen LogP contribution is -2.89. The largest absolute Gasteiger partial charge is 0.454 e. The first-order valence-electron chi connectivity index (χ1n) is 37.6. The van der Waals surface area contributed by atoms with E-state index < -0.39 is 104 Å². The SMILES string of the molecule is CN[C@H]1Cc2c(cccc2CO)C#CC2(CCCC2)C[C@]23C[C@H]4C#CC[C@@H]5[C@@H](c6ccccc6)CC[C@]67CC[C@@H]8[C@@H]9Cc%10cccc(c%10)C[C@H]%10CC[C@@H](C%10)[C@H](C)[C@@H]%10CC[C@@H]%11[C@@H](O9)[C@@]6(C[C@]6(C=O)[C@@H]4[C@@](O)([C@@H](O)[C@@H](C%10)[C@]%116O)[C@@]2(O)C[C@@H]2C[C@@H]1[C@H]1OC(=O)C=C1[C@@]23CO)[C@@H]8C[C@@H]57. The summed E-state index contributed by atoms with van der Waals surface area (Å²) in [5, 5.41) is 91.3. The van der Waals surface area contributed by atoms with E-state index in [2.05, 4.69) is 90.5 Å². The highest BCUT2D eigenvalue weighted by Crippen LogP contribution is 2.88. The molecule has 0 radical (unpaired) electrons. The van der Waals surface area contributed by atoms with Gasteiger partial charge in [-0.1, -0.05) is 104 Å². The molecule has 12 fully saturated rings. The van der Waals surface area contributed by atoms with Gasteiger partial charge in [-0.2, -0.15) is 0 Å². The van der Waals surface area contributed by atoms with Crippen LogP contribution in [-0.4, -0.2) is 104 Å². The number of esters is 1. The van der Waals surface area contributed by atoms with Crippen LogP contribution in [0.3, 0.4) is 0 Å². The number of hydrogen-bond acceptors (Lipinski definition) is 11. The van der Waals surface area contributed by atoms with E-state index in [1.807, 2.05) is 25.2 Å². The highest BCUT2D eigenvalue weighted by molar-refractivity contribution is 5.87. The van der Waals surface area contributed by atoms with E-state index in [0.717, 1.165) is 106 Å². The summed E-state index contributed by atoms with van der Waals surface area (Å²) in [6.45, 7) is 1.81. The maximum atomic E-state index is 16.7.